The van der Waals surface area contributed by atoms with Crippen molar-refractivity contribution in [3.05, 3.63) is 0 Å². The fourth-order valence-corrected chi connectivity index (χ4v) is 0.901. The average molecular weight is 226 g/mol. The molecule has 0 fully saturated rings. The van der Waals surface area contributed by atoms with Crippen LogP contribution in [0.5, 0.6) is 0 Å². The Morgan fingerprint density at radius 2 is 1.00 bits per heavy atom. The quantitative estimate of drug-likeness (QED) is 0.271. The molecule has 0 saturated heterocycles. The van der Waals surface area contributed by atoms with Crippen LogP contribution in [-0.4, -0.2) is 23.3 Å². The van der Waals surface area contributed by atoms with E-state index in [0.29, 0.717) is 24.3 Å². The normalized spacial score (nSPS) is 12.1. The maximum Gasteiger partial charge on any atom is 0.211 e. The number of rotatable bonds is 5. The van der Waals surface area contributed by atoms with Crippen LogP contribution >= 0.6 is 0 Å². The molecule has 0 radical (unpaired) electrons. The number of hydrogen-bond acceptors (Lipinski definition) is 4. The Bertz CT molecular complexity index is 296. The minimum atomic E-state index is -0.108. The molecule has 90 valence electrons. The first-order valence-corrected chi connectivity index (χ1v) is 4.82. The van der Waals surface area contributed by atoms with Gasteiger partial charge in [0.05, 0.1) is 11.4 Å². The van der Waals surface area contributed by atoms with Crippen LogP contribution in [0, 0.1) is 0 Å². The Labute approximate surface area is 94.2 Å². The second-order valence-corrected chi connectivity index (χ2v) is 2.85. The van der Waals surface area contributed by atoms with Crippen molar-refractivity contribution in [2.24, 2.45) is 43.3 Å². The van der Waals surface area contributed by atoms with Gasteiger partial charge in [0.15, 0.2) is 0 Å². The lowest BCUT2D eigenvalue weighted by atomic mass is 10.1. The molecule has 8 heteroatoms. The summed E-state index contributed by atoms with van der Waals surface area (Å²) in [6.07, 6.45) is 1.26. The first kappa shape index (κ1) is 13.9. The monoisotopic (exact) mass is 226 g/mol. The van der Waals surface area contributed by atoms with E-state index in [9.17, 15) is 0 Å². The van der Waals surface area contributed by atoms with Crippen molar-refractivity contribution < 1.29 is 0 Å². The van der Waals surface area contributed by atoms with E-state index in [-0.39, 0.29) is 11.9 Å². The number of guanidine groups is 2. The molecule has 0 aliphatic heterocycles. The van der Waals surface area contributed by atoms with Gasteiger partial charge in [0.1, 0.15) is 0 Å². The third-order valence-electron chi connectivity index (χ3n) is 1.58. The minimum absolute atomic E-state index is 0.108. The van der Waals surface area contributed by atoms with E-state index in [1.165, 1.54) is 0 Å². The summed E-state index contributed by atoms with van der Waals surface area (Å²) in [5.41, 5.74) is 22.0. The van der Waals surface area contributed by atoms with Gasteiger partial charge in [-0.1, -0.05) is 13.8 Å². The standard InChI is InChI=1S/C8H18N8/c1-3-5(13-15-7(9)10)6(4-2)14-16-8(11)12/h3-4H2,1-2H3,(H4,9,10,15)(H4,11,12,16)/b13-5-,14-6+. The summed E-state index contributed by atoms with van der Waals surface area (Å²) in [7, 11) is 0. The van der Waals surface area contributed by atoms with Crippen LogP contribution in [0.1, 0.15) is 26.7 Å². The smallest absolute Gasteiger partial charge is 0.211 e. The fraction of sp³-hybridized carbons (Fsp3) is 0.500. The van der Waals surface area contributed by atoms with Crippen molar-refractivity contribution in [3.63, 3.8) is 0 Å². The van der Waals surface area contributed by atoms with Crippen LogP contribution in [0.3, 0.4) is 0 Å². The summed E-state index contributed by atoms with van der Waals surface area (Å²) in [6.45, 7) is 3.81. The molecule has 0 aliphatic rings. The van der Waals surface area contributed by atoms with Crippen LogP contribution in [0.15, 0.2) is 20.4 Å². The summed E-state index contributed by atoms with van der Waals surface area (Å²) in [4.78, 5) is 0. The summed E-state index contributed by atoms with van der Waals surface area (Å²) in [6, 6.07) is 0. The molecule has 0 unspecified atom stereocenters. The predicted octanol–water partition coefficient (Wildman–Crippen LogP) is -0.935. The molecule has 0 saturated carbocycles. The van der Waals surface area contributed by atoms with E-state index in [4.69, 9.17) is 22.9 Å². The molecule has 0 aromatic heterocycles. The molecule has 0 bridgehead atoms. The lowest BCUT2D eigenvalue weighted by Crippen LogP contribution is -2.23. The van der Waals surface area contributed by atoms with Gasteiger partial charge in [0.2, 0.25) is 11.9 Å². The van der Waals surface area contributed by atoms with Gasteiger partial charge in [-0.25, -0.2) is 0 Å². The molecule has 0 amide bonds. The molecule has 8 N–H and O–H groups in total. The predicted molar refractivity (Wildman–Crippen MR) is 67.1 cm³/mol. The van der Waals surface area contributed by atoms with Crippen molar-refractivity contribution >= 4 is 23.3 Å². The Hall–Kier alpha value is -2.12. The minimum Gasteiger partial charge on any atom is -0.369 e. The van der Waals surface area contributed by atoms with Crippen molar-refractivity contribution in [2.75, 3.05) is 0 Å². The first-order valence-electron chi connectivity index (χ1n) is 4.82. The van der Waals surface area contributed by atoms with Crippen LogP contribution in [0.2, 0.25) is 0 Å². The van der Waals surface area contributed by atoms with Gasteiger partial charge in [-0.2, -0.15) is 10.2 Å². The van der Waals surface area contributed by atoms with Crippen LogP contribution in [0.4, 0.5) is 0 Å². The molecule has 8 nitrogen and oxygen atoms in total. The van der Waals surface area contributed by atoms with E-state index < -0.39 is 0 Å². The number of nitrogens with two attached hydrogens (primary N) is 4. The summed E-state index contributed by atoms with van der Waals surface area (Å²) in [5, 5.41) is 14.8. The maximum absolute atomic E-state index is 5.17. The zero-order valence-corrected chi connectivity index (χ0v) is 9.51. The van der Waals surface area contributed by atoms with E-state index in [1.54, 1.807) is 0 Å². The lowest BCUT2D eigenvalue weighted by molar-refractivity contribution is 1.12. The lowest BCUT2D eigenvalue weighted by Gasteiger charge is -2.01. The van der Waals surface area contributed by atoms with Crippen molar-refractivity contribution in [2.45, 2.75) is 26.7 Å². The summed E-state index contributed by atoms with van der Waals surface area (Å²) >= 11 is 0. The zero-order chi connectivity index (χ0) is 12.6. The van der Waals surface area contributed by atoms with Gasteiger partial charge in [0, 0.05) is 0 Å². The van der Waals surface area contributed by atoms with Gasteiger partial charge in [-0.3, -0.25) is 0 Å². The number of nitrogens with zero attached hydrogens (tertiary/aromatic N) is 4. The Balaban J connectivity index is 5.04. The molecule has 0 spiro atoms. The molecule has 0 heterocycles. The molecular formula is C8H18N8. The Morgan fingerprint density at radius 1 is 0.688 bits per heavy atom. The van der Waals surface area contributed by atoms with Gasteiger partial charge in [-0.05, 0) is 12.8 Å². The third-order valence-corrected chi connectivity index (χ3v) is 1.58. The van der Waals surface area contributed by atoms with E-state index in [1.807, 2.05) is 13.8 Å². The largest absolute Gasteiger partial charge is 0.369 e. The third kappa shape index (κ3) is 5.58. The highest BCUT2D eigenvalue weighted by Crippen LogP contribution is 1.97. The van der Waals surface area contributed by atoms with Gasteiger partial charge >= 0.3 is 0 Å². The van der Waals surface area contributed by atoms with Crippen molar-refractivity contribution in [3.8, 4) is 0 Å². The Morgan fingerprint density at radius 3 is 1.19 bits per heavy atom. The maximum atomic E-state index is 5.17. The van der Waals surface area contributed by atoms with Crippen molar-refractivity contribution in [1.82, 2.24) is 0 Å². The SMILES string of the molecule is CCC(=N/N=C(N)N)/C(CC)=N/N=C(N)N. The van der Waals surface area contributed by atoms with Gasteiger partial charge in [0.25, 0.3) is 0 Å². The highest BCUT2D eigenvalue weighted by atomic mass is 15.3. The molecular weight excluding hydrogens is 208 g/mol. The second kappa shape index (κ2) is 7.21. The van der Waals surface area contributed by atoms with E-state index in [0.717, 1.165) is 0 Å². The molecule has 0 aromatic rings. The summed E-state index contributed by atoms with van der Waals surface area (Å²) < 4.78 is 0. The first-order chi connectivity index (χ1) is 7.51. The van der Waals surface area contributed by atoms with Crippen LogP contribution in [0.25, 0.3) is 0 Å². The molecule has 0 aromatic carbocycles. The van der Waals surface area contributed by atoms with Gasteiger partial charge in [-0.15, -0.1) is 10.2 Å². The summed E-state index contributed by atoms with van der Waals surface area (Å²) in [5.74, 6) is -0.216. The molecule has 0 atom stereocenters. The van der Waals surface area contributed by atoms with Crippen LogP contribution < -0.4 is 22.9 Å². The molecule has 0 aliphatic carbocycles. The molecule has 0 rings (SSSR count). The number of hydrogen-bond donors (Lipinski definition) is 4. The van der Waals surface area contributed by atoms with Gasteiger partial charge < -0.3 is 22.9 Å². The second-order valence-electron chi connectivity index (χ2n) is 2.85. The Kier molecular flexibility index (Phi) is 6.25. The highest BCUT2D eigenvalue weighted by Gasteiger charge is 2.05. The van der Waals surface area contributed by atoms with E-state index >= 15 is 0 Å². The highest BCUT2D eigenvalue weighted by molar-refractivity contribution is 6.42. The fourth-order valence-electron chi connectivity index (χ4n) is 0.901. The average Bonchev–Trinajstić information content (AvgIpc) is 2.22. The molecule has 16 heavy (non-hydrogen) atoms. The topological polar surface area (TPSA) is 154 Å². The van der Waals surface area contributed by atoms with E-state index in [2.05, 4.69) is 20.4 Å². The van der Waals surface area contributed by atoms with Crippen LogP contribution in [-0.2, 0) is 0 Å². The van der Waals surface area contributed by atoms with Crippen molar-refractivity contribution in [1.29, 1.82) is 0 Å². The zero-order valence-electron chi connectivity index (χ0n) is 9.51.